The van der Waals surface area contributed by atoms with Crippen molar-refractivity contribution in [2.45, 2.75) is 58.1 Å². The minimum Gasteiger partial charge on any atom is -0.452 e. The van der Waals surface area contributed by atoms with E-state index in [1.54, 1.807) is 11.8 Å². The highest BCUT2D eigenvalue weighted by atomic mass is 16.5. The Labute approximate surface area is 176 Å². The molecule has 1 aliphatic carbocycles. The van der Waals surface area contributed by atoms with E-state index in [0.29, 0.717) is 13.1 Å². The van der Waals surface area contributed by atoms with Gasteiger partial charge in [0.05, 0.1) is 18.3 Å². The van der Waals surface area contributed by atoms with Crippen LogP contribution in [-0.2, 0) is 36.9 Å². The van der Waals surface area contributed by atoms with Gasteiger partial charge in [0.2, 0.25) is 11.8 Å². The predicted molar refractivity (Wildman–Crippen MR) is 108 cm³/mol. The second kappa shape index (κ2) is 8.58. The van der Waals surface area contributed by atoms with Crippen molar-refractivity contribution in [1.82, 2.24) is 9.80 Å². The van der Waals surface area contributed by atoms with Crippen molar-refractivity contribution in [3.05, 3.63) is 35.4 Å². The molecule has 1 aromatic rings. The minimum atomic E-state index is -0.893. The second-order valence-electron chi connectivity index (χ2n) is 8.49. The average molecular weight is 412 g/mol. The number of hydrogen-bond acceptors (Lipinski definition) is 5. The lowest BCUT2D eigenvalue weighted by atomic mass is 9.81. The molecule has 1 aromatic carbocycles. The van der Waals surface area contributed by atoms with Gasteiger partial charge in [-0.05, 0) is 37.3 Å². The molecule has 0 bridgehead atoms. The number of esters is 1. The van der Waals surface area contributed by atoms with Gasteiger partial charge in [-0.3, -0.25) is 24.1 Å². The molecule has 2 heterocycles. The summed E-state index contributed by atoms with van der Waals surface area (Å²) in [7, 11) is 0. The van der Waals surface area contributed by atoms with Gasteiger partial charge in [0.15, 0.2) is 6.10 Å². The summed E-state index contributed by atoms with van der Waals surface area (Å²) in [6, 6.07) is 8.02. The highest BCUT2D eigenvalue weighted by Crippen LogP contribution is 2.38. The van der Waals surface area contributed by atoms with Gasteiger partial charge in [-0.1, -0.05) is 37.1 Å². The Bertz CT molecular complexity index is 843. The average Bonchev–Trinajstić information content (AvgIpc) is 3.01. The van der Waals surface area contributed by atoms with Crippen molar-refractivity contribution in [3.63, 3.8) is 0 Å². The van der Waals surface area contributed by atoms with E-state index in [2.05, 4.69) is 6.07 Å². The minimum absolute atomic E-state index is 0.0293. The monoisotopic (exact) mass is 412 g/mol. The Morgan fingerprint density at radius 2 is 1.70 bits per heavy atom. The molecule has 1 saturated carbocycles. The van der Waals surface area contributed by atoms with E-state index in [0.717, 1.165) is 37.7 Å². The molecule has 0 unspecified atom stereocenters. The molecule has 0 N–H and O–H groups in total. The maximum Gasteiger partial charge on any atom is 0.308 e. The molecule has 3 aliphatic rings. The molecule has 1 saturated heterocycles. The van der Waals surface area contributed by atoms with Crippen LogP contribution in [0.25, 0.3) is 0 Å². The summed E-state index contributed by atoms with van der Waals surface area (Å²) in [5, 5.41) is 0. The quantitative estimate of drug-likeness (QED) is 0.546. The standard InChI is InChI=1S/C23H28N2O5/c1-15(21(27)24-12-10-16-6-2-3-7-17(16)14-24)30-20(26)11-13-25-22(28)18-8-4-5-9-19(18)23(25)29/h2-3,6-7,15,18-19H,4-5,8-14H2,1H3/t15-,18-,19+/m0/s1. The first kappa shape index (κ1) is 20.6. The van der Waals surface area contributed by atoms with Gasteiger partial charge in [0.1, 0.15) is 0 Å². The third kappa shape index (κ3) is 3.98. The summed E-state index contributed by atoms with van der Waals surface area (Å²) >= 11 is 0. The highest BCUT2D eigenvalue weighted by molar-refractivity contribution is 6.05. The number of nitrogens with zero attached hydrogens (tertiary/aromatic N) is 2. The van der Waals surface area contributed by atoms with Crippen molar-refractivity contribution >= 4 is 23.7 Å². The molecule has 30 heavy (non-hydrogen) atoms. The number of rotatable bonds is 5. The molecule has 3 amide bonds. The van der Waals surface area contributed by atoms with E-state index < -0.39 is 12.1 Å². The molecule has 7 heteroatoms. The van der Waals surface area contributed by atoms with Crippen LogP contribution in [-0.4, -0.2) is 52.7 Å². The Morgan fingerprint density at radius 3 is 2.37 bits per heavy atom. The Kier molecular flexibility index (Phi) is 5.88. The van der Waals surface area contributed by atoms with Crippen molar-refractivity contribution in [1.29, 1.82) is 0 Å². The SMILES string of the molecule is C[C@H](OC(=O)CCN1C(=O)[C@H]2CCCC[C@H]2C1=O)C(=O)N1CCc2ccccc2C1. The molecule has 3 atom stereocenters. The fraction of sp³-hybridized carbons (Fsp3) is 0.565. The number of hydrogen-bond donors (Lipinski definition) is 0. The molecule has 4 rings (SSSR count). The maximum atomic E-state index is 12.7. The molecule has 2 fully saturated rings. The summed E-state index contributed by atoms with van der Waals surface area (Å²) in [5.74, 6) is -1.54. The van der Waals surface area contributed by atoms with Gasteiger partial charge >= 0.3 is 5.97 Å². The number of fused-ring (bicyclic) bond motifs is 2. The van der Waals surface area contributed by atoms with Crippen molar-refractivity contribution in [2.75, 3.05) is 13.1 Å². The second-order valence-corrected chi connectivity index (χ2v) is 8.49. The molecular formula is C23H28N2O5. The first-order chi connectivity index (χ1) is 14.5. The Hall–Kier alpha value is -2.70. The largest absolute Gasteiger partial charge is 0.452 e. The molecular weight excluding hydrogens is 384 g/mol. The lowest BCUT2D eigenvalue weighted by Gasteiger charge is -2.30. The molecule has 0 aromatic heterocycles. The van der Waals surface area contributed by atoms with Crippen molar-refractivity contribution in [3.8, 4) is 0 Å². The molecule has 0 radical (unpaired) electrons. The van der Waals surface area contributed by atoms with E-state index in [1.807, 2.05) is 18.2 Å². The van der Waals surface area contributed by atoms with Gasteiger partial charge in [-0.15, -0.1) is 0 Å². The van der Waals surface area contributed by atoms with Crippen molar-refractivity contribution < 1.29 is 23.9 Å². The van der Waals surface area contributed by atoms with E-state index >= 15 is 0 Å². The summed E-state index contributed by atoms with van der Waals surface area (Å²) in [5.41, 5.74) is 2.36. The topological polar surface area (TPSA) is 84.0 Å². The van der Waals surface area contributed by atoms with Crippen LogP contribution in [0.1, 0.15) is 50.2 Å². The third-order valence-corrected chi connectivity index (χ3v) is 6.57. The van der Waals surface area contributed by atoms with E-state index in [1.165, 1.54) is 10.5 Å². The molecule has 0 spiro atoms. The maximum absolute atomic E-state index is 12.7. The number of imide groups is 1. The first-order valence-electron chi connectivity index (χ1n) is 10.9. The van der Waals surface area contributed by atoms with E-state index in [4.69, 9.17) is 4.74 Å². The number of benzene rings is 1. The van der Waals surface area contributed by atoms with Crippen LogP contribution < -0.4 is 0 Å². The Balaban J connectivity index is 1.27. The van der Waals surface area contributed by atoms with Crippen LogP contribution in [0.15, 0.2) is 24.3 Å². The van der Waals surface area contributed by atoms with E-state index in [9.17, 15) is 19.2 Å². The van der Waals surface area contributed by atoms with Crippen LogP contribution in [0.4, 0.5) is 0 Å². The number of likely N-dealkylation sites (tertiary alicyclic amines) is 1. The van der Waals surface area contributed by atoms with Crippen molar-refractivity contribution in [2.24, 2.45) is 11.8 Å². The zero-order valence-electron chi connectivity index (χ0n) is 17.3. The number of carbonyl (C=O) groups excluding carboxylic acids is 4. The fourth-order valence-electron chi connectivity index (χ4n) is 4.90. The zero-order valence-corrected chi connectivity index (χ0v) is 17.3. The zero-order chi connectivity index (χ0) is 21.3. The fourth-order valence-corrected chi connectivity index (χ4v) is 4.90. The number of carbonyl (C=O) groups is 4. The predicted octanol–water partition coefficient (Wildman–Crippen LogP) is 2.07. The summed E-state index contributed by atoms with van der Waals surface area (Å²) in [4.78, 5) is 52.9. The summed E-state index contributed by atoms with van der Waals surface area (Å²) < 4.78 is 5.32. The number of ether oxygens (including phenoxy) is 1. The van der Waals surface area contributed by atoms with Gasteiger partial charge < -0.3 is 9.64 Å². The van der Waals surface area contributed by atoms with Gasteiger partial charge in [-0.25, -0.2) is 0 Å². The van der Waals surface area contributed by atoms with Crippen LogP contribution in [0.2, 0.25) is 0 Å². The van der Waals surface area contributed by atoms with Gasteiger partial charge in [-0.2, -0.15) is 0 Å². The van der Waals surface area contributed by atoms with Crippen LogP contribution in [0, 0.1) is 11.8 Å². The highest BCUT2D eigenvalue weighted by Gasteiger charge is 2.47. The van der Waals surface area contributed by atoms with Gasteiger partial charge in [0.25, 0.3) is 5.91 Å². The molecule has 2 aliphatic heterocycles. The summed E-state index contributed by atoms with van der Waals surface area (Å²) in [6.07, 6.45) is 3.24. The third-order valence-electron chi connectivity index (χ3n) is 6.57. The number of amides is 3. The van der Waals surface area contributed by atoms with E-state index in [-0.39, 0.29) is 42.5 Å². The molecule has 160 valence electrons. The Morgan fingerprint density at radius 1 is 1.07 bits per heavy atom. The van der Waals surface area contributed by atoms with Gasteiger partial charge in [0, 0.05) is 19.6 Å². The molecule has 7 nitrogen and oxygen atoms in total. The summed E-state index contributed by atoms with van der Waals surface area (Å²) in [6.45, 7) is 2.71. The smallest absolute Gasteiger partial charge is 0.308 e. The normalized spacial score (nSPS) is 24.3. The van der Waals surface area contributed by atoms with Crippen LogP contribution >= 0.6 is 0 Å². The lowest BCUT2D eigenvalue weighted by Crippen LogP contribution is -2.43. The first-order valence-corrected chi connectivity index (χ1v) is 10.9. The van der Waals surface area contributed by atoms with Crippen LogP contribution in [0.5, 0.6) is 0 Å². The van der Waals surface area contributed by atoms with Crippen LogP contribution in [0.3, 0.4) is 0 Å². The lowest BCUT2D eigenvalue weighted by molar-refractivity contribution is -0.160.